The number of aromatic carboxylic acids is 1. The van der Waals surface area contributed by atoms with Crippen LogP contribution in [0.3, 0.4) is 0 Å². The van der Waals surface area contributed by atoms with Crippen LogP contribution in [0.25, 0.3) is 16.6 Å². The summed E-state index contributed by atoms with van der Waals surface area (Å²) in [6, 6.07) is 11.4. The lowest BCUT2D eigenvalue weighted by atomic mass is 9.99. The zero-order valence-electron chi connectivity index (χ0n) is 16.0. The Morgan fingerprint density at radius 1 is 1.06 bits per heavy atom. The Bertz CT molecular complexity index is 1110. The molecule has 4 rings (SSSR count). The van der Waals surface area contributed by atoms with Gasteiger partial charge in [-0.1, -0.05) is 11.6 Å². The molecule has 0 amide bonds. The van der Waals surface area contributed by atoms with Crippen molar-refractivity contribution >= 4 is 28.5 Å². The molecule has 0 saturated carbocycles. The zero-order chi connectivity index (χ0) is 22.3. The molecule has 0 bridgehead atoms. The van der Waals surface area contributed by atoms with Gasteiger partial charge in [0.25, 0.3) is 0 Å². The smallest absolute Gasteiger partial charge is 0.335 e. The maximum absolute atomic E-state index is 11.2. The summed E-state index contributed by atoms with van der Waals surface area (Å²) in [6.45, 7) is -0.568. The Kier molecular flexibility index (Phi) is 5.89. The molecule has 0 radical (unpaired) electrons. The average Bonchev–Trinajstić information content (AvgIpc) is 3.18. The minimum absolute atomic E-state index is 0.166. The van der Waals surface area contributed by atoms with Gasteiger partial charge in [0.2, 0.25) is 6.29 Å². The number of aromatic nitrogens is 1. The second kappa shape index (κ2) is 8.46. The maximum atomic E-state index is 11.2. The monoisotopic (exact) mass is 449 g/mol. The summed E-state index contributed by atoms with van der Waals surface area (Å²) in [5, 5.41) is 49.3. The average molecular weight is 450 g/mol. The fraction of sp³-hybridized carbons (Fsp3) is 0.286. The Labute approximate surface area is 181 Å². The van der Waals surface area contributed by atoms with E-state index in [0.29, 0.717) is 5.69 Å². The summed E-state index contributed by atoms with van der Waals surface area (Å²) in [6.07, 6.45) is -5.26. The van der Waals surface area contributed by atoms with E-state index >= 15 is 0 Å². The van der Waals surface area contributed by atoms with Crippen LogP contribution < -0.4 is 4.74 Å². The van der Waals surface area contributed by atoms with Crippen molar-refractivity contribution in [2.75, 3.05) is 6.61 Å². The van der Waals surface area contributed by atoms with Crippen LogP contribution in [-0.4, -0.2) is 73.4 Å². The third kappa shape index (κ3) is 3.99. The van der Waals surface area contributed by atoms with Gasteiger partial charge in [-0.05, 0) is 42.5 Å². The molecule has 1 aliphatic rings. The summed E-state index contributed by atoms with van der Waals surface area (Å²) in [7, 11) is 0. The summed E-state index contributed by atoms with van der Waals surface area (Å²) in [5.41, 5.74) is 1.65. The first-order valence-corrected chi connectivity index (χ1v) is 9.79. The topological polar surface area (TPSA) is 142 Å². The Morgan fingerprint density at radius 3 is 2.52 bits per heavy atom. The largest absolute Gasteiger partial charge is 0.478 e. The van der Waals surface area contributed by atoms with Crippen LogP contribution in [0.15, 0.2) is 48.7 Å². The number of carbonyl (C=O) groups is 1. The molecule has 5 atom stereocenters. The first-order chi connectivity index (χ1) is 14.8. The number of aliphatic hydroxyl groups is 4. The van der Waals surface area contributed by atoms with Crippen molar-refractivity contribution in [1.29, 1.82) is 0 Å². The third-order valence-corrected chi connectivity index (χ3v) is 5.52. The minimum Gasteiger partial charge on any atom is -0.478 e. The number of ether oxygens (including phenoxy) is 2. The van der Waals surface area contributed by atoms with Crippen molar-refractivity contribution in [3.8, 4) is 11.4 Å². The van der Waals surface area contributed by atoms with E-state index in [2.05, 4.69) is 0 Å². The van der Waals surface area contributed by atoms with Crippen LogP contribution in [0, 0.1) is 0 Å². The van der Waals surface area contributed by atoms with Crippen LogP contribution in [0.5, 0.6) is 5.75 Å². The zero-order valence-corrected chi connectivity index (χ0v) is 16.8. The SMILES string of the molecule is O=C(O)c1ccc2c(ccn2-c2ccc(O[C@H]3O[C@H](CO)[C@@H](O)[C@H](O)[C@@H]3O)c(Cl)c2)c1. The van der Waals surface area contributed by atoms with Gasteiger partial charge in [0, 0.05) is 17.3 Å². The van der Waals surface area contributed by atoms with E-state index in [9.17, 15) is 25.2 Å². The summed E-state index contributed by atoms with van der Waals surface area (Å²) >= 11 is 6.35. The summed E-state index contributed by atoms with van der Waals surface area (Å²) < 4.78 is 12.8. The first-order valence-electron chi connectivity index (χ1n) is 9.41. The predicted molar refractivity (Wildman–Crippen MR) is 110 cm³/mol. The fourth-order valence-electron chi connectivity index (χ4n) is 3.53. The normalized spacial score (nSPS) is 26.2. The van der Waals surface area contributed by atoms with Crippen molar-refractivity contribution < 1.29 is 39.8 Å². The van der Waals surface area contributed by atoms with E-state index in [-0.39, 0.29) is 16.3 Å². The van der Waals surface area contributed by atoms with Crippen molar-refractivity contribution in [1.82, 2.24) is 4.57 Å². The standard InChI is InChI=1S/C21H20ClNO8/c22-13-8-12(23-6-5-10-7-11(20(28)29)1-3-14(10)23)2-4-15(13)30-21-19(27)18(26)17(25)16(9-24)31-21/h1-8,16-19,21,24-27H,9H2,(H,28,29)/t16-,17-,18+,19+,21+/m1/s1. The van der Waals surface area contributed by atoms with Gasteiger partial charge in [0.1, 0.15) is 30.2 Å². The number of halogens is 1. The molecule has 164 valence electrons. The molecule has 1 fully saturated rings. The fourth-order valence-corrected chi connectivity index (χ4v) is 3.75. The molecule has 5 N–H and O–H groups in total. The molecular formula is C21H20ClNO8. The van der Waals surface area contributed by atoms with Gasteiger partial charge in [-0.25, -0.2) is 4.79 Å². The first kappa shape index (κ1) is 21.6. The number of hydrogen-bond acceptors (Lipinski definition) is 7. The minimum atomic E-state index is -1.56. The number of rotatable bonds is 5. The van der Waals surface area contributed by atoms with Crippen LogP contribution in [0.4, 0.5) is 0 Å². The van der Waals surface area contributed by atoms with E-state index in [1.54, 1.807) is 42.6 Å². The number of hydrogen-bond donors (Lipinski definition) is 5. The van der Waals surface area contributed by atoms with E-state index in [1.165, 1.54) is 6.07 Å². The highest BCUT2D eigenvalue weighted by Crippen LogP contribution is 2.32. The number of nitrogens with zero attached hydrogens (tertiary/aromatic N) is 1. The lowest BCUT2D eigenvalue weighted by molar-refractivity contribution is -0.277. The quantitative estimate of drug-likeness (QED) is 0.390. The predicted octanol–water partition coefficient (Wildman–Crippen LogP) is 1.16. The number of carboxylic acids is 1. The lowest BCUT2D eigenvalue weighted by Crippen LogP contribution is -2.60. The van der Waals surface area contributed by atoms with Crippen molar-refractivity contribution in [2.24, 2.45) is 0 Å². The van der Waals surface area contributed by atoms with Gasteiger partial charge in [0.15, 0.2) is 0 Å². The van der Waals surface area contributed by atoms with E-state index in [1.807, 2.05) is 4.57 Å². The Hall–Kier alpha value is -2.66. The highest BCUT2D eigenvalue weighted by molar-refractivity contribution is 6.32. The Morgan fingerprint density at radius 2 is 1.84 bits per heavy atom. The van der Waals surface area contributed by atoms with Gasteiger partial charge < -0.3 is 39.6 Å². The number of benzene rings is 2. The molecule has 1 aliphatic heterocycles. The molecule has 9 nitrogen and oxygen atoms in total. The number of carboxylic acid groups (broad SMARTS) is 1. The molecule has 2 aromatic carbocycles. The summed E-state index contributed by atoms with van der Waals surface area (Å²) in [4.78, 5) is 11.2. The Balaban J connectivity index is 1.59. The van der Waals surface area contributed by atoms with Gasteiger partial charge >= 0.3 is 5.97 Å². The molecule has 0 aliphatic carbocycles. The molecule has 0 unspecified atom stereocenters. The van der Waals surface area contributed by atoms with Crippen molar-refractivity contribution in [3.05, 3.63) is 59.2 Å². The van der Waals surface area contributed by atoms with Crippen LogP contribution in [-0.2, 0) is 4.74 Å². The number of fused-ring (bicyclic) bond motifs is 1. The molecule has 3 aromatic rings. The molecule has 0 spiro atoms. The van der Waals surface area contributed by atoms with Crippen LogP contribution >= 0.6 is 11.6 Å². The van der Waals surface area contributed by atoms with Gasteiger partial charge in [-0.3, -0.25) is 0 Å². The molecular weight excluding hydrogens is 430 g/mol. The van der Waals surface area contributed by atoms with Crippen molar-refractivity contribution in [3.63, 3.8) is 0 Å². The second-order valence-corrected chi connectivity index (χ2v) is 7.60. The molecule has 1 saturated heterocycles. The maximum Gasteiger partial charge on any atom is 0.335 e. The lowest BCUT2D eigenvalue weighted by Gasteiger charge is -2.39. The van der Waals surface area contributed by atoms with Gasteiger partial charge in [-0.2, -0.15) is 0 Å². The molecule has 10 heteroatoms. The molecule has 2 heterocycles. The third-order valence-electron chi connectivity index (χ3n) is 5.22. The van der Waals surface area contributed by atoms with E-state index in [4.69, 9.17) is 26.2 Å². The van der Waals surface area contributed by atoms with Crippen LogP contribution in [0.2, 0.25) is 5.02 Å². The highest BCUT2D eigenvalue weighted by Gasteiger charge is 2.44. The van der Waals surface area contributed by atoms with Crippen molar-refractivity contribution in [2.45, 2.75) is 30.7 Å². The summed E-state index contributed by atoms with van der Waals surface area (Å²) in [5.74, 6) is -0.841. The van der Waals surface area contributed by atoms with E-state index < -0.39 is 43.3 Å². The molecule has 1 aromatic heterocycles. The number of aliphatic hydroxyl groups excluding tert-OH is 4. The highest BCUT2D eigenvalue weighted by atomic mass is 35.5. The van der Waals surface area contributed by atoms with E-state index in [0.717, 1.165) is 10.9 Å². The van der Waals surface area contributed by atoms with Gasteiger partial charge in [0.05, 0.1) is 22.7 Å². The molecule has 31 heavy (non-hydrogen) atoms. The second-order valence-electron chi connectivity index (χ2n) is 7.19. The van der Waals surface area contributed by atoms with Crippen LogP contribution in [0.1, 0.15) is 10.4 Å². The van der Waals surface area contributed by atoms with Gasteiger partial charge in [-0.15, -0.1) is 0 Å².